The average Bonchev–Trinajstić information content (AvgIpc) is 2.59. The molecule has 0 aliphatic rings. The molecule has 0 aliphatic heterocycles. The van der Waals surface area contributed by atoms with Crippen molar-refractivity contribution in [1.29, 1.82) is 0 Å². The fraction of sp³-hybridized carbons (Fsp3) is 0.947. The van der Waals surface area contributed by atoms with Crippen LogP contribution < -0.4 is 10.6 Å². The molecule has 0 aromatic heterocycles. The summed E-state index contributed by atoms with van der Waals surface area (Å²) in [7, 11) is 0. The fourth-order valence-corrected chi connectivity index (χ4v) is 2.28. The van der Waals surface area contributed by atoms with E-state index < -0.39 is 0 Å². The maximum Gasteiger partial charge on any atom is 0.191 e. The molecule has 0 saturated heterocycles. The molecular formula is C19H42IN3O3. The van der Waals surface area contributed by atoms with Gasteiger partial charge in [-0.15, -0.1) is 24.0 Å². The van der Waals surface area contributed by atoms with Crippen LogP contribution in [0.2, 0.25) is 0 Å². The standard InChI is InChI=1S/C19H41N3O3.HI/c1-6-9-13-23-15-16-24-14-12-22-19(20-7-2)21-11-10-18(17(4)5)25-8-3;/h17-18H,6-16H2,1-5H3,(H2,20,21,22);1H. The summed E-state index contributed by atoms with van der Waals surface area (Å²) >= 11 is 0. The summed E-state index contributed by atoms with van der Waals surface area (Å²) in [6.07, 6.45) is 3.49. The Kier molecular flexibility index (Phi) is 22.9. The molecule has 7 heteroatoms. The predicted molar refractivity (Wildman–Crippen MR) is 121 cm³/mol. The Balaban J connectivity index is 0. The van der Waals surface area contributed by atoms with Crippen molar-refractivity contribution in [2.24, 2.45) is 10.9 Å². The first kappa shape index (κ1) is 28.1. The first-order valence-corrected chi connectivity index (χ1v) is 9.94. The van der Waals surface area contributed by atoms with E-state index in [-0.39, 0.29) is 30.1 Å². The molecule has 0 heterocycles. The lowest BCUT2D eigenvalue weighted by atomic mass is 10.0. The van der Waals surface area contributed by atoms with Gasteiger partial charge in [-0.1, -0.05) is 27.2 Å². The average molecular weight is 487 g/mol. The molecule has 2 N–H and O–H groups in total. The third kappa shape index (κ3) is 17.3. The van der Waals surface area contributed by atoms with E-state index in [4.69, 9.17) is 14.2 Å². The molecular weight excluding hydrogens is 445 g/mol. The molecule has 0 saturated carbocycles. The summed E-state index contributed by atoms with van der Waals surface area (Å²) in [5.41, 5.74) is 0. The highest BCUT2D eigenvalue weighted by molar-refractivity contribution is 14.0. The third-order valence-electron chi connectivity index (χ3n) is 3.71. The molecule has 0 fully saturated rings. The zero-order valence-electron chi connectivity index (χ0n) is 17.5. The van der Waals surface area contributed by atoms with Crippen LogP contribution >= 0.6 is 24.0 Å². The zero-order valence-corrected chi connectivity index (χ0v) is 19.8. The second-order valence-corrected chi connectivity index (χ2v) is 6.29. The topological polar surface area (TPSA) is 64.1 Å². The van der Waals surface area contributed by atoms with Crippen LogP contribution in [-0.4, -0.2) is 64.7 Å². The van der Waals surface area contributed by atoms with Gasteiger partial charge in [0.15, 0.2) is 5.96 Å². The van der Waals surface area contributed by atoms with Gasteiger partial charge in [-0.2, -0.15) is 0 Å². The molecule has 158 valence electrons. The van der Waals surface area contributed by atoms with Crippen LogP contribution in [-0.2, 0) is 14.2 Å². The molecule has 0 amide bonds. The highest BCUT2D eigenvalue weighted by Gasteiger charge is 2.12. The van der Waals surface area contributed by atoms with E-state index in [1.165, 1.54) is 6.42 Å². The van der Waals surface area contributed by atoms with Crippen molar-refractivity contribution in [2.45, 2.75) is 60.0 Å². The van der Waals surface area contributed by atoms with Crippen molar-refractivity contribution in [3.8, 4) is 0 Å². The number of nitrogens with zero attached hydrogens (tertiary/aromatic N) is 1. The third-order valence-corrected chi connectivity index (χ3v) is 3.71. The van der Waals surface area contributed by atoms with Crippen LogP contribution in [0.25, 0.3) is 0 Å². The van der Waals surface area contributed by atoms with Crippen LogP contribution in [0.15, 0.2) is 4.99 Å². The number of nitrogens with one attached hydrogen (secondary N) is 2. The van der Waals surface area contributed by atoms with Crippen molar-refractivity contribution >= 4 is 29.9 Å². The van der Waals surface area contributed by atoms with E-state index in [0.29, 0.717) is 25.7 Å². The van der Waals surface area contributed by atoms with Crippen molar-refractivity contribution in [2.75, 3.05) is 52.7 Å². The molecule has 0 bridgehead atoms. The Labute approximate surface area is 178 Å². The molecule has 0 radical (unpaired) electrons. The van der Waals surface area contributed by atoms with E-state index in [0.717, 1.165) is 51.6 Å². The monoisotopic (exact) mass is 487 g/mol. The van der Waals surface area contributed by atoms with Crippen molar-refractivity contribution in [1.82, 2.24) is 10.6 Å². The summed E-state index contributed by atoms with van der Waals surface area (Å²) in [5, 5.41) is 6.56. The minimum Gasteiger partial charge on any atom is -0.379 e. The molecule has 0 aromatic rings. The van der Waals surface area contributed by atoms with Crippen LogP contribution in [0.3, 0.4) is 0 Å². The highest BCUT2D eigenvalue weighted by Crippen LogP contribution is 2.10. The van der Waals surface area contributed by atoms with Crippen LogP contribution in [0.4, 0.5) is 0 Å². The van der Waals surface area contributed by atoms with E-state index in [1.54, 1.807) is 0 Å². The van der Waals surface area contributed by atoms with E-state index in [1.807, 2.05) is 6.92 Å². The molecule has 0 aromatic carbocycles. The van der Waals surface area contributed by atoms with E-state index >= 15 is 0 Å². The number of rotatable bonds is 16. The molecule has 0 rings (SSSR count). The summed E-state index contributed by atoms with van der Waals surface area (Å²) in [5.74, 6) is 1.35. The first-order chi connectivity index (χ1) is 12.2. The van der Waals surface area contributed by atoms with Crippen molar-refractivity contribution in [3.63, 3.8) is 0 Å². The van der Waals surface area contributed by atoms with Gasteiger partial charge in [0.05, 0.1) is 25.9 Å². The SMILES string of the molecule is CCCCOCCOCCNC(=NCCC(OCC)C(C)C)NCC.I. The lowest BCUT2D eigenvalue weighted by molar-refractivity contribution is 0.0266. The molecule has 1 unspecified atom stereocenters. The second kappa shape index (κ2) is 21.2. The van der Waals surface area contributed by atoms with Crippen molar-refractivity contribution < 1.29 is 14.2 Å². The van der Waals surface area contributed by atoms with Crippen molar-refractivity contribution in [3.05, 3.63) is 0 Å². The Hall–Kier alpha value is -0.120. The van der Waals surface area contributed by atoms with E-state index in [9.17, 15) is 0 Å². The summed E-state index contributed by atoms with van der Waals surface area (Å²) in [6, 6.07) is 0. The minimum atomic E-state index is 0. The maximum absolute atomic E-state index is 5.76. The molecule has 0 aliphatic carbocycles. The lowest BCUT2D eigenvalue weighted by Gasteiger charge is -2.20. The number of halogens is 1. The van der Waals surface area contributed by atoms with Crippen LogP contribution in [0.5, 0.6) is 0 Å². The number of aliphatic imine (C=N–C) groups is 1. The van der Waals surface area contributed by atoms with Gasteiger partial charge in [-0.25, -0.2) is 0 Å². The quantitative estimate of drug-likeness (QED) is 0.151. The van der Waals surface area contributed by atoms with Gasteiger partial charge in [-0.05, 0) is 32.6 Å². The Morgan fingerprint density at radius 2 is 1.65 bits per heavy atom. The lowest BCUT2D eigenvalue weighted by Crippen LogP contribution is -2.39. The van der Waals surface area contributed by atoms with Gasteiger partial charge in [0, 0.05) is 32.8 Å². The fourth-order valence-electron chi connectivity index (χ4n) is 2.28. The Bertz CT molecular complexity index is 318. The number of unbranched alkanes of at least 4 members (excludes halogenated alkanes) is 1. The maximum atomic E-state index is 5.76. The Morgan fingerprint density at radius 3 is 2.23 bits per heavy atom. The largest absolute Gasteiger partial charge is 0.379 e. The summed E-state index contributed by atoms with van der Waals surface area (Å²) in [6.45, 7) is 16.5. The first-order valence-electron chi connectivity index (χ1n) is 9.94. The van der Waals surface area contributed by atoms with Crippen LogP contribution in [0, 0.1) is 5.92 Å². The van der Waals surface area contributed by atoms with Gasteiger partial charge in [0.25, 0.3) is 0 Å². The molecule has 6 nitrogen and oxygen atoms in total. The normalized spacial score (nSPS) is 12.8. The van der Waals surface area contributed by atoms with Gasteiger partial charge in [0.1, 0.15) is 0 Å². The Morgan fingerprint density at radius 1 is 0.962 bits per heavy atom. The number of ether oxygens (including phenoxy) is 3. The van der Waals surface area contributed by atoms with Gasteiger partial charge in [0.2, 0.25) is 0 Å². The van der Waals surface area contributed by atoms with E-state index in [2.05, 4.69) is 43.3 Å². The minimum absolute atomic E-state index is 0. The van der Waals surface area contributed by atoms with Gasteiger partial charge >= 0.3 is 0 Å². The predicted octanol–water partition coefficient (Wildman–Crippen LogP) is 3.44. The molecule has 26 heavy (non-hydrogen) atoms. The second-order valence-electron chi connectivity index (χ2n) is 6.29. The number of hydrogen-bond acceptors (Lipinski definition) is 4. The zero-order chi connectivity index (χ0) is 18.8. The molecule has 0 spiro atoms. The smallest absolute Gasteiger partial charge is 0.191 e. The molecule has 1 atom stereocenters. The highest BCUT2D eigenvalue weighted by atomic mass is 127. The van der Waals surface area contributed by atoms with Crippen LogP contribution in [0.1, 0.15) is 53.9 Å². The van der Waals surface area contributed by atoms with Gasteiger partial charge < -0.3 is 24.8 Å². The summed E-state index contributed by atoms with van der Waals surface area (Å²) in [4.78, 5) is 4.62. The summed E-state index contributed by atoms with van der Waals surface area (Å²) < 4.78 is 16.8. The number of guanidine groups is 1. The number of hydrogen-bond donors (Lipinski definition) is 2. The van der Waals surface area contributed by atoms with Gasteiger partial charge in [-0.3, -0.25) is 4.99 Å².